The number of aromatic amines is 1. The van der Waals surface area contributed by atoms with Crippen LogP contribution in [0.3, 0.4) is 0 Å². The van der Waals surface area contributed by atoms with Gasteiger partial charge >= 0.3 is 0 Å². The van der Waals surface area contributed by atoms with Crippen LogP contribution < -0.4 is 16.2 Å². The van der Waals surface area contributed by atoms with Crippen molar-refractivity contribution in [3.63, 3.8) is 0 Å². The van der Waals surface area contributed by atoms with Crippen molar-refractivity contribution in [2.24, 2.45) is 0 Å². The van der Waals surface area contributed by atoms with Crippen molar-refractivity contribution in [1.82, 2.24) is 15.3 Å². The number of benzene rings is 1. The van der Waals surface area contributed by atoms with Crippen LogP contribution in [0, 0.1) is 13.8 Å². The van der Waals surface area contributed by atoms with E-state index in [1.54, 1.807) is 6.92 Å². The summed E-state index contributed by atoms with van der Waals surface area (Å²) in [5, 5.41) is 5.47. The van der Waals surface area contributed by atoms with Crippen LogP contribution in [0.5, 0.6) is 0 Å². The summed E-state index contributed by atoms with van der Waals surface area (Å²) < 4.78 is 0. The average molecular weight is 356 g/mol. The fourth-order valence-electron chi connectivity index (χ4n) is 2.51. The number of hydrogen-bond acceptors (Lipinski definition) is 4. The molecule has 0 spiro atoms. The standard InChI is InChI=1S/C19H24N4O3/c1-4-16-21-13(3)14(19(26)23-16)11-18(25)20-10-9-17(24)22-15-8-6-5-7-12(15)2/h5-8H,4,9-11H2,1-3H3,(H,20,25)(H,22,24)(H,21,23,26). The second kappa shape index (κ2) is 8.94. The molecule has 0 saturated carbocycles. The van der Waals surface area contributed by atoms with Gasteiger partial charge in [-0.2, -0.15) is 0 Å². The zero-order valence-electron chi connectivity index (χ0n) is 15.3. The van der Waals surface area contributed by atoms with E-state index < -0.39 is 0 Å². The molecular weight excluding hydrogens is 332 g/mol. The van der Waals surface area contributed by atoms with Gasteiger partial charge in [-0.15, -0.1) is 0 Å². The largest absolute Gasteiger partial charge is 0.355 e. The number of amides is 2. The number of nitrogens with zero attached hydrogens (tertiary/aromatic N) is 1. The molecule has 3 N–H and O–H groups in total. The lowest BCUT2D eigenvalue weighted by Gasteiger charge is -2.09. The maximum atomic E-state index is 12.0. The van der Waals surface area contributed by atoms with Crippen molar-refractivity contribution in [1.29, 1.82) is 0 Å². The van der Waals surface area contributed by atoms with Crippen LogP contribution in [0.1, 0.15) is 36.0 Å². The van der Waals surface area contributed by atoms with Crippen molar-refractivity contribution in [2.75, 3.05) is 11.9 Å². The Balaban J connectivity index is 1.83. The van der Waals surface area contributed by atoms with Gasteiger partial charge in [-0.25, -0.2) is 4.98 Å². The predicted molar refractivity (Wildman–Crippen MR) is 100 cm³/mol. The highest BCUT2D eigenvalue weighted by Gasteiger charge is 2.12. The molecule has 0 aliphatic heterocycles. The van der Waals surface area contributed by atoms with Crippen molar-refractivity contribution >= 4 is 17.5 Å². The van der Waals surface area contributed by atoms with Crippen LogP contribution in [0.4, 0.5) is 5.69 Å². The Morgan fingerprint density at radius 3 is 2.54 bits per heavy atom. The van der Waals surface area contributed by atoms with Crippen LogP contribution in [0.25, 0.3) is 0 Å². The second-order valence-corrected chi connectivity index (χ2v) is 6.07. The third-order valence-corrected chi connectivity index (χ3v) is 4.04. The highest BCUT2D eigenvalue weighted by molar-refractivity contribution is 5.91. The monoisotopic (exact) mass is 356 g/mol. The summed E-state index contributed by atoms with van der Waals surface area (Å²) in [7, 11) is 0. The molecule has 7 nitrogen and oxygen atoms in total. The van der Waals surface area contributed by atoms with Crippen molar-refractivity contribution in [2.45, 2.75) is 40.0 Å². The highest BCUT2D eigenvalue weighted by atomic mass is 16.2. The van der Waals surface area contributed by atoms with E-state index >= 15 is 0 Å². The van der Waals surface area contributed by atoms with Crippen molar-refractivity contribution in [3.05, 3.63) is 57.3 Å². The zero-order chi connectivity index (χ0) is 19.1. The van der Waals surface area contributed by atoms with Crippen molar-refractivity contribution < 1.29 is 9.59 Å². The fraction of sp³-hybridized carbons (Fsp3) is 0.368. The van der Waals surface area contributed by atoms with Gasteiger partial charge in [0.15, 0.2) is 0 Å². The van der Waals surface area contributed by atoms with Crippen LogP contribution in [0.15, 0.2) is 29.1 Å². The summed E-state index contributed by atoms with van der Waals surface area (Å²) >= 11 is 0. The lowest BCUT2D eigenvalue weighted by molar-refractivity contribution is -0.120. The Kier molecular flexibility index (Phi) is 6.66. The van der Waals surface area contributed by atoms with Gasteiger partial charge in [-0.1, -0.05) is 25.1 Å². The van der Waals surface area contributed by atoms with E-state index in [4.69, 9.17) is 0 Å². The summed E-state index contributed by atoms with van der Waals surface area (Å²) in [6.07, 6.45) is 0.721. The normalized spacial score (nSPS) is 10.4. The first-order valence-corrected chi connectivity index (χ1v) is 8.61. The van der Waals surface area contributed by atoms with Gasteiger partial charge in [-0.3, -0.25) is 14.4 Å². The second-order valence-electron chi connectivity index (χ2n) is 6.07. The Labute approximate surface area is 152 Å². The Morgan fingerprint density at radius 2 is 1.88 bits per heavy atom. The van der Waals surface area contributed by atoms with Gasteiger partial charge in [0.25, 0.3) is 5.56 Å². The molecule has 2 aromatic rings. The molecule has 1 aromatic heterocycles. The molecule has 2 amide bonds. The van der Waals surface area contributed by atoms with E-state index in [-0.39, 0.29) is 36.8 Å². The van der Waals surface area contributed by atoms with E-state index in [0.29, 0.717) is 23.5 Å². The molecular formula is C19H24N4O3. The molecule has 0 aliphatic rings. The minimum absolute atomic E-state index is 0.0580. The number of aromatic nitrogens is 2. The van der Waals surface area contributed by atoms with Gasteiger partial charge < -0.3 is 15.6 Å². The minimum Gasteiger partial charge on any atom is -0.355 e. The van der Waals surface area contributed by atoms with E-state index in [0.717, 1.165) is 11.3 Å². The number of para-hydroxylation sites is 1. The Morgan fingerprint density at radius 1 is 1.15 bits per heavy atom. The number of hydrogen-bond donors (Lipinski definition) is 3. The molecule has 0 aliphatic carbocycles. The topological polar surface area (TPSA) is 104 Å². The van der Waals surface area contributed by atoms with Crippen molar-refractivity contribution in [3.8, 4) is 0 Å². The van der Waals surface area contributed by atoms with Crippen LogP contribution in [-0.4, -0.2) is 28.3 Å². The molecule has 2 rings (SSSR count). The molecule has 1 heterocycles. The predicted octanol–water partition coefficient (Wildman–Crippen LogP) is 1.64. The molecule has 26 heavy (non-hydrogen) atoms. The van der Waals surface area contributed by atoms with Gasteiger partial charge in [0.2, 0.25) is 11.8 Å². The van der Waals surface area contributed by atoms with Crippen LogP contribution in [0.2, 0.25) is 0 Å². The van der Waals surface area contributed by atoms with Crippen LogP contribution >= 0.6 is 0 Å². The van der Waals surface area contributed by atoms with Gasteiger partial charge in [0.1, 0.15) is 5.82 Å². The molecule has 0 fully saturated rings. The molecule has 138 valence electrons. The third-order valence-electron chi connectivity index (χ3n) is 4.04. The first kappa shape index (κ1) is 19.4. The average Bonchev–Trinajstić information content (AvgIpc) is 2.60. The van der Waals surface area contributed by atoms with Gasteiger partial charge in [0.05, 0.1) is 6.42 Å². The van der Waals surface area contributed by atoms with E-state index in [2.05, 4.69) is 20.6 Å². The van der Waals surface area contributed by atoms with E-state index in [9.17, 15) is 14.4 Å². The smallest absolute Gasteiger partial charge is 0.254 e. The minimum atomic E-state index is -0.312. The number of nitrogens with one attached hydrogen (secondary N) is 3. The molecule has 0 atom stereocenters. The molecule has 1 aromatic carbocycles. The number of anilines is 1. The maximum Gasteiger partial charge on any atom is 0.254 e. The van der Waals surface area contributed by atoms with Gasteiger partial charge in [-0.05, 0) is 25.5 Å². The first-order chi connectivity index (χ1) is 12.4. The zero-order valence-corrected chi connectivity index (χ0v) is 15.3. The van der Waals surface area contributed by atoms with E-state index in [1.165, 1.54) is 0 Å². The van der Waals surface area contributed by atoms with Gasteiger partial charge in [0, 0.05) is 36.3 Å². The fourth-order valence-corrected chi connectivity index (χ4v) is 2.51. The number of rotatable bonds is 7. The quantitative estimate of drug-likeness (QED) is 0.701. The summed E-state index contributed by atoms with van der Waals surface area (Å²) in [4.78, 5) is 43.0. The number of H-pyrrole nitrogens is 1. The molecule has 0 bridgehead atoms. The van der Waals surface area contributed by atoms with Crippen LogP contribution in [-0.2, 0) is 22.4 Å². The number of carbonyl (C=O) groups excluding carboxylic acids is 2. The molecule has 0 saturated heterocycles. The highest BCUT2D eigenvalue weighted by Crippen LogP contribution is 2.13. The maximum absolute atomic E-state index is 12.0. The Bertz CT molecular complexity index is 858. The number of aryl methyl sites for hydroxylation is 3. The molecule has 0 unspecified atom stereocenters. The summed E-state index contributed by atoms with van der Waals surface area (Å²) in [6, 6.07) is 7.49. The summed E-state index contributed by atoms with van der Waals surface area (Å²) in [5.74, 6) is 0.112. The third kappa shape index (κ3) is 5.27. The molecule has 0 radical (unpaired) electrons. The first-order valence-electron chi connectivity index (χ1n) is 8.61. The lowest BCUT2D eigenvalue weighted by Crippen LogP contribution is -2.31. The SMILES string of the molecule is CCc1nc(C)c(CC(=O)NCCC(=O)Nc2ccccc2C)c(=O)[nH]1. The summed E-state index contributed by atoms with van der Waals surface area (Å²) in [6.45, 7) is 5.72. The Hall–Kier alpha value is -2.96. The lowest BCUT2D eigenvalue weighted by atomic mass is 10.1. The van der Waals surface area contributed by atoms with E-state index in [1.807, 2.05) is 38.1 Å². The summed E-state index contributed by atoms with van der Waals surface area (Å²) in [5.41, 5.74) is 2.35. The number of carbonyl (C=O) groups is 2. The molecule has 7 heteroatoms.